The van der Waals surface area contributed by atoms with Crippen molar-refractivity contribution in [3.05, 3.63) is 17.5 Å². The van der Waals surface area contributed by atoms with Gasteiger partial charge in [0.05, 0.1) is 6.54 Å². The zero-order valence-corrected chi connectivity index (χ0v) is 20.8. The van der Waals surface area contributed by atoms with Gasteiger partial charge in [0.2, 0.25) is 5.91 Å². The third-order valence-corrected chi connectivity index (χ3v) is 7.76. The van der Waals surface area contributed by atoms with Crippen LogP contribution < -0.4 is 10.6 Å². The molecule has 0 unspecified atom stereocenters. The smallest absolute Gasteiger partial charge is 0.272 e. The standard InChI is InChI=1S/C24H39N7O3/c1-4-29-12-14-30(15-13-29)11-7-10-25-21(32)19-16-20-22(33)28(3)24(2,17-31(20)27-19)23(34)26-18-8-5-6-9-18/h16,18H,4-15,17H2,1-3H3,(H,25,32)(H,26,34)/t24-/m0/s1. The van der Waals surface area contributed by atoms with E-state index in [0.29, 0.717) is 12.2 Å². The molecule has 0 radical (unpaired) electrons. The summed E-state index contributed by atoms with van der Waals surface area (Å²) in [6.45, 7) is 11.1. The third-order valence-electron chi connectivity index (χ3n) is 7.76. The molecule has 1 saturated heterocycles. The second-order valence-electron chi connectivity index (χ2n) is 10.1. The second kappa shape index (κ2) is 10.4. The molecular formula is C24H39N7O3. The summed E-state index contributed by atoms with van der Waals surface area (Å²) in [4.78, 5) is 45.2. The number of carbonyl (C=O) groups is 3. The molecule has 3 heterocycles. The lowest BCUT2D eigenvalue weighted by molar-refractivity contribution is -0.133. The van der Waals surface area contributed by atoms with Crippen molar-refractivity contribution in [2.45, 2.75) is 64.1 Å². The molecule has 10 nitrogen and oxygen atoms in total. The van der Waals surface area contributed by atoms with Crippen LogP contribution in [0.5, 0.6) is 0 Å². The first kappa shape index (κ1) is 24.7. The van der Waals surface area contributed by atoms with Crippen LogP contribution in [0.1, 0.15) is 66.9 Å². The van der Waals surface area contributed by atoms with Crippen LogP contribution in [0.2, 0.25) is 0 Å². The molecule has 1 aliphatic carbocycles. The van der Waals surface area contributed by atoms with E-state index in [2.05, 4.69) is 32.5 Å². The molecule has 0 aromatic carbocycles. The molecule has 34 heavy (non-hydrogen) atoms. The largest absolute Gasteiger partial charge is 0.351 e. The number of amides is 3. The van der Waals surface area contributed by atoms with Gasteiger partial charge in [0.15, 0.2) is 5.69 Å². The normalized spacial score (nSPS) is 24.3. The molecule has 188 valence electrons. The molecule has 1 aromatic rings. The fourth-order valence-electron chi connectivity index (χ4n) is 5.17. The molecule has 3 aliphatic rings. The lowest BCUT2D eigenvalue weighted by Gasteiger charge is -2.41. The van der Waals surface area contributed by atoms with E-state index >= 15 is 0 Å². The van der Waals surface area contributed by atoms with Crippen LogP contribution in [-0.4, -0.2) is 107 Å². The highest BCUT2D eigenvalue weighted by Crippen LogP contribution is 2.27. The Morgan fingerprint density at radius 3 is 2.50 bits per heavy atom. The minimum absolute atomic E-state index is 0.165. The van der Waals surface area contributed by atoms with Crippen molar-refractivity contribution in [1.82, 2.24) is 35.1 Å². The molecule has 4 rings (SSSR count). The van der Waals surface area contributed by atoms with Crippen molar-refractivity contribution in [2.24, 2.45) is 0 Å². The van der Waals surface area contributed by atoms with E-state index in [-0.39, 0.29) is 36.0 Å². The average molecular weight is 474 g/mol. The van der Waals surface area contributed by atoms with Gasteiger partial charge < -0.3 is 25.3 Å². The summed E-state index contributed by atoms with van der Waals surface area (Å²) >= 11 is 0. The van der Waals surface area contributed by atoms with E-state index in [0.717, 1.165) is 71.4 Å². The Hall–Kier alpha value is -2.46. The lowest BCUT2D eigenvalue weighted by atomic mass is 9.95. The first-order valence-corrected chi connectivity index (χ1v) is 12.7. The summed E-state index contributed by atoms with van der Waals surface area (Å²) in [5.41, 5.74) is -0.491. The SMILES string of the molecule is CCN1CCN(CCCNC(=O)c2cc3n(n2)C[C@@](C)(C(=O)NC2CCCC2)N(C)C3=O)CC1. The first-order chi connectivity index (χ1) is 16.3. The summed E-state index contributed by atoms with van der Waals surface area (Å²) in [6.07, 6.45) is 5.06. The topological polar surface area (TPSA) is 103 Å². The minimum atomic E-state index is -1.05. The van der Waals surface area contributed by atoms with Crippen molar-refractivity contribution < 1.29 is 14.4 Å². The predicted octanol–water partition coefficient (Wildman–Crippen LogP) is 0.544. The highest BCUT2D eigenvalue weighted by Gasteiger charge is 2.46. The number of nitrogens with one attached hydrogen (secondary N) is 2. The van der Waals surface area contributed by atoms with E-state index in [1.165, 1.54) is 15.6 Å². The Bertz CT molecular complexity index is 902. The van der Waals surface area contributed by atoms with Crippen molar-refractivity contribution in [1.29, 1.82) is 0 Å². The van der Waals surface area contributed by atoms with Gasteiger partial charge in [-0.15, -0.1) is 0 Å². The van der Waals surface area contributed by atoms with Crippen molar-refractivity contribution in [3.63, 3.8) is 0 Å². The fourth-order valence-corrected chi connectivity index (χ4v) is 5.17. The number of hydrogen-bond donors (Lipinski definition) is 2. The second-order valence-corrected chi connectivity index (χ2v) is 10.1. The maximum Gasteiger partial charge on any atom is 0.272 e. The molecule has 1 aromatic heterocycles. The zero-order valence-electron chi connectivity index (χ0n) is 20.8. The maximum atomic E-state index is 13.1. The minimum Gasteiger partial charge on any atom is -0.351 e. The van der Waals surface area contributed by atoms with E-state index in [4.69, 9.17) is 0 Å². The van der Waals surface area contributed by atoms with Crippen LogP contribution in [0, 0.1) is 0 Å². The van der Waals surface area contributed by atoms with E-state index < -0.39 is 5.54 Å². The van der Waals surface area contributed by atoms with Crippen LogP contribution in [0.3, 0.4) is 0 Å². The summed E-state index contributed by atoms with van der Waals surface area (Å²) in [5, 5.41) is 10.4. The highest BCUT2D eigenvalue weighted by molar-refractivity contribution is 6.01. The predicted molar refractivity (Wildman–Crippen MR) is 129 cm³/mol. The van der Waals surface area contributed by atoms with Gasteiger partial charge in [-0.3, -0.25) is 19.1 Å². The van der Waals surface area contributed by atoms with Gasteiger partial charge in [-0.05, 0) is 39.3 Å². The molecule has 2 N–H and O–H groups in total. The van der Waals surface area contributed by atoms with Gasteiger partial charge in [0, 0.05) is 51.9 Å². The van der Waals surface area contributed by atoms with Crippen LogP contribution in [-0.2, 0) is 11.3 Å². The molecule has 2 fully saturated rings. The molecule has 0 bridgehead atoms. The Labute approximate surface area is 202 Å². The van der Waals surface area contributed by atoms with E-state index in [1.807, 2.05) is 0 Å². The number of piperazine rings is 1. The lowest BCUT2D eigenvalue weighted by Crippen LogP contribution is -2.63. The fraction of sp³-hybridized carbons (Fsp3) is 0.750. The van der Waals surface area contributed by atoms with Crippen LogP contribution in [0.25, 0.3) is 0 Å². The number of aromatic nitrogens is 2. The van der Waals surface area contributed by atoms with Crippen LogP contribution in [0.4, 0.5) is 0 Å². The Morgan fingerprint density at radius 1 is 1.15 bits per heavy atom. The quantitative estimate of drug-likeness (QED) is 0.535. The summed E-state index contributed by atoms with van der Waals surface area (Å²) in [7, 11) is 1.65. The molecule has 3 amide bonds. The number of rotatable bonds is 8. The molecule has 1 saturated carbocycles. The van der Waals surface area contributed by atoms with Gasteiger partial charge >= 0.3 is 0 Å². The molecule has 10 heteroatoms. The average Bonchev–Trinajstić information content (AvgIpc) is 3.50. The number of likely N-dealkylation sites (N-methyl/N-ethyl adjacent to an activating group) is 2. The van der Waals surface area contributed by atoms with E-state index in [9.17, 15) is 14.4 Å². The van der Waals surface area contributed by atoms with Gasteiger partial charge in [-0.1, -0.05) is 19.8 Å². The Kier molecular flexibility index (Phi) is 7.57. The maximum absolute atomic E-state index is 13.1. The van der Waals surface area contributed by atoms with Crippen molar-refractivity contribution >= 4 is 17.7 Å². The van der Waals surface area contributed by atoms with Gasteiger partial charge in [-0.2, -0.15) is 5.10 Å². The van der Waals surface area contributed by atoms with Crippen molar-refractivity contribution in [2.75, 3.05) is 52.9 Å². The molecule has 0 spiro atoms. The third kappa shape index (κ3) is 5.12. The number of carbonyl (C=O) groups excluding carboxylic acids is 3. The molecular weight excluding hydrogens is 434 g/mol. The Morgan fingerprint density at radius 2 is 1.82 bits per heavy atom. The van der Waals surface area contributed by atoms with Gasteiger partial charge in [0.25, 0.3) is 11.8 Å². The van der Waals surface area contributed by atoms with Gasteiger partial charge in [-0.25, -0.2) is 0 Å². The zero-order chi connectivity index (χ0) is 24.3. The number of hydrogen-bond acceptors (Lipinski definition) is 6. The first-order valence-electron chi connectivity index (χ1n) is 12.7. The molecule has 1 atom stereocenters. The summed E-state index contributed by atoms with van der Waals surface area (Å²) in [6, 6.07) is 1.70. The van der Waals surface area contributed by atoms with Crippen LogP contribution >= 0.6 is 0 Å². The highest BCUT2D eigenvalue weighted by atomic mass is 16.2. The van der Waals surface area contributed by atoms with E-state index in [1.54, 1.807) is 14.0 Å². The summed E-state index contributed by atoms with van der Waals surface area (Å²) < 4.78 is 1.51. The van der Waals surface area contributed by atoms with Crippen molar-refractivity contribution in [3.8, 4) is 0 Å². The Balaban J connectivity index is 1.31. The van der Waals surface area contributed by atoms with Gasteiger partial charge in [0.1, 0.15) is 11.2 Å². The summed E-state index contributed by atoms with van der Waals surface area (Å²) in [5.74, 6) is -0.750. The monoisotopic (exact) mass is 473 g/mol. The van der Waals surface area contributed by atoms with Crippen LogP contribution in [0.15, 0.2) is 6.07 Å². The number of nitrogens with zero attached hydrogens (tertiary/aromatic N) is 5. The molecule has 2 aliphatic heterocycles. The number of fused-ring (bicyclic) bond motifs is 1.